The number of benzene rings is 4. The highest BCUT2D eigenvalue weighted by Gasteiger charge is 2.26. The Morgan fingerprint density at radius 3 is 1.80 bits per heavy atom. The predicted molar refractivity (Wildman–Crippen MR) is 158 cm³/mol. The van der Waals surface area contributed by atoms with Gasteiger partial charge in [0.2, 0.25) is 0 Å². The largest absolute Gasteiger partial charge is 0.478 e. The van der Waals surface area contributed by atoms with Gasteiger partial charge in [-0.05, 0) is 72.5 Å². The first kappa shape index (κ1) is 33.0. The van der Waals surface area contributed by atoms with Crippen molar-refractivity contribution in [1.29, 1.82) is 0 Å². The van der Waals surface area contributed by atoms with Crippen LogP contribution in [0.15, 0.2) is 75.4 Å². The van der Waals surface area contributed by atoms with Gasteiger partial charge < -0.3 is 21.5 Å². The second-order valence-electron chi connectivity index (χ2n) is 9.52. The molecule has 0 spiro atoms. The van der Waals surface area contributed by atoms with Gasteiger partial charge >= 0.3 is 5.97 Å². The number of aromatic carboxylic acids is 1. The molecule has 0 unspecified atom stereocenters. The zero-order chi connectivity index (χ0) is 33.6. The molecule has 0 aliphatic heterocycles. The number of rotatable bonds is 8. The molecule has 236 valence electrons. The Balaban J connectivity index is 1.88. The second-order valence-corrected chi connectivity index (χ2v) is 13.8. The first-order valence-electron chi connectivity index (χ1n) is 12.1. The SMILES string of the molecule is Cc1ccc(C(=O)Nc2cc(C(=O)O)cc(C(=O)Nc3cc(S(=O)(=O)O)cc4cc(S(=O)(=O)O)cc(S(=O)(=O)O)c34)c2)c(N)c1. The van der Waals surface area contributed by atoms with Gasteiger partial charge in [-0.2, -0.15) is 25.3 Å². The number of amides is 2. The smallest absolute Gasteiger partial charge is 0.335 e. The molecule has 0 saturated heterocycles. The number of aryl methyl sites for hydroxylation is 1. The van der Waals surface area contributed by atoms with Crippen LogP contribution in [0, 0.1) is 6.92 Å². The van der Waals surface area contributed by atoms with E-state index in [9.17, 15) is 58.4 Å². The Morgan fingerprint density at radius 2 is 1.27 bits per heavy atom. The van der Waals surface area contributed by atoms with Gasteiger partial charge in [-0.1, -0.05) is 6.07 Å². The molecular formula is C26H21N3O13S3. The number of nitrogens with two attached hydrogens (primary N) is 1. The highest BCUT2D eigenvalue weighted by molar-refractivity contribution is 7.87. The second kappa shape index (κ2) is 11.5. The predicted octanol–water partition coefficient (Wildman–Crippen LogP) is 2.67. The number of carboxylic acid groups (broad SMARTS) is 1. The summed E-state index contributed by atoms with van der Waals surface area (Å²) in [5, 5.41) is 12.9. The summed E-state index contributed by atoms with van der Waals surface area (Å²) in [4.78, 5) is 34.8. The van der Waals surface area contributed by atoms with Gasteiger partial charge in [0, 0.05) is 22.3 Å². The number of anilines is 3. The topological polar surface area (TPSA) is 285 Å². The Bertz CT molecular complexity index is 2280. The maximum Gasteiger partial charge on any atom is 0.335 e. The lowest BCUT2D eigenvalue weighted by Gasteiger charge is -2.15. The number of nitrogens with one attached hydrogen (secondary N) is 2. The molecule has 4 aromatic carbocycles. The molecule has 0 aliphatic rings. The van der Waals surface area contributed by atoms with Crippen LogP contribution in [0.25, 0.3) is 10.8 Å². The molecule has 4 aromatic rings. The third kappa shape index (κ3) is 7.25. The Labute approximate surface area is 254 Å². The minimum absolute atomic E-state index is 0.0304. The van der Waals surface area contributed by atoms with Crippen molar-refractivity contribution in [3.05, 3.63) is 82.9 Å². The molecule has 0 bridgehead atoms. The quantitative estimate of drug-likeness (QED) is 0.104. The number of carbonyl (C=O) groups excluding carboxylic acids is 2. The van der Waals surface area contributed by atoms with Crippen molar-refractivity contribution in [3.63, 3.8) is 0 Å². The molecule has 45 heavy (non-hydrogen) atoms. The Morgan fingerprint density at radius 1 is 0.689 bits per heavy atom. The van der Waals surface area contributed by atoms with Gasteiger partial charge in [-0.15, -0.1) is 0 Å². The number of carboxylic acids is 1. The van der Waals surface area contributed by atoms with Gasteiger partial charge in [0.15, 0.2) is 0 Å². The molecular weight excluding hydrogens is 658 g/mol. The standard InChI is InChI=1S/C26H21N3O13S3/c1-12-2-3-19(20(27)4-12)25(31)28-16-6-14(5-15(7-16)26(32)33)24(30)29-21-10-17(43(34,35)36)8-13-9-18(44(37,38)39)11-22(23(13)21)45(40,41)42/h2-11H,27H2,1H3,(H,28,31)(H,29,30)(H,32,33)(H,34,35,36)(H,37,38,39)(H,40,41,42). The first-order valence-corrected chi connectivity index (χ1v) is 16.4. The summed E-state index contributed by atoms with van der Waals surface area (Å²) in [5.74, 6) is -3.50. The van der Waals surface area contributed by atoms with E-state index in [-0.39, 0.29) is 16.9 Å². The molecule has 4 rings (SSSR count). The molecule has 0 saturated carbocycles. The number of fused-ring (bicyclic) bond motifs is 1. The molecule has 0 aromatic heterocycles. The summed E-state index contributed by atoms with van der Waals surface area (Å²) < 4.78 is 101. The fraction of sp³-hybridized carbons (Fsp3) is 0.0385. The lowest BCUT2D eigenvalue weighted by atomic mass is 10.1. The highest BCUT2D eigenvalue weighted by Crippen LogP contribution is 2.36. The van der Waals surface area contributed by atoms with Crippen LogP contribution in [0.3, 0.4) is 0 Å². The van der Waals surface area contributed by atoms with Crippen molar-refractivity contribution in [2.75, 3.05) is 16.4 Å². The summed E-state index contributed by atoms with van der Waals surface area (Å²) in [6.07, 6.45) is 0. The van der Waals surface area contributed by atoms with Crippen LogP contribution in [0.2, 0.25) is 0 Å². The highest BCUT2D eigenvalue weighted by atomic mass is 32.2. The van der Waals surface area contributed by atoms with E-state index in [2.05, 4.69) is 10.6 Å². The average molecular weight is 680 g/mol. The summed E-state index contributed by atoms with van der Waals surface area (Å²) in [6.45, 7) is 1.74. The summed E-state index contributed by atoms with van der Waals surface area (Å²) >= 11 is 0. The fourth-order valence-corrected chi connectivity index (χ4v) is 6.18. The fourth-order valence-electron chi connectivity index (χ4n) is 4.26. The van der Waals surface area contributed by atoms with Crippen LogP contribution in [-0.2, 0) is 30.4 Å². The van der Waals surface area contributed by atoms with Crippen LogP contribution in [0.5, 0.6) is 0 Å². The van der Waals surface area contributed by atoms with Crippen LogP contribution in [0.4, 0.5) is 17.1 Å². The zero-order valence-electron chi connectivity index (χ0n) is 22.5. The van der Waals surface area contributed by atoms with Crippen molar-refractivity contribution in [2.45, 2.75) is 21.6 Å². The third-order valence-electron chi connectivity index (χ3n) is 6.23. The molecule has 16 nitrogen and oxygen atoms in total. The van der Waals surface area contributed by atoms with E-state index >= 15 is 0 Å². The molecule has 0 radical (unpaired) electrons. The molecule has 0 heterocycles. The van der Waals surface area contributed by atoms with Gasteiger partial charge in [-0.3, -0.25) is 23.2 Å². The van der Waals surface area contributed by atoms with Crippen LogP contribution < -0.4 is 16.4 Å². The molecule has 0 fully saturated rings. The summed E-state index contributed by atoms with van der Waals surface area (Å²) in [6, 6.07) is 9.59. The third-order valence-corrected chi connectivity index (χ3v) is 8.77. The van der Waals surface area contributed by atoms with Gasteiger partial charge in [0.05, 0.1) is 26.6 Å². The van der Waals surface area contributed by atoms with E-state index in [1.165, 1.54) is 12.1 Å². The van der Waals surface area contributed by atoms with Crippen LogP contribution in [-0.4, -0.2) is 61.8 Å². The summed E-state index contributed by atoms with van der Waals surface area (Å²) in [7, 11) is -15.6. The van der Waals surface area contributed by atoms with Crippen molar-refractivity contribution in [3.8, 4) is 0 Å². The summed E-state index contributed by atoms with van der Waals surface area (Å²) in [5.41, 5.74) is 4.92. The van der Waals surface area contributed by atoms with E-state index in [1.54, 1.807) is 13.0 Å². The van der Waals surface area contributed by atoms with Crippen molar-refractivity contribution in [2.24, 2.45) is 0 Å². The van der Waals surface area contributed by atoms with E-state index < -0.39 is 90.4 Å². The molecule has 8 N–H and O–H groups in total. The van der Waals surface area contributed by atoms with Gasteiger partial charge in [0.25, 0.3) is 42.2 Å². The number of hydrogen-bond acceptors (Lipinski definition) is 10. The van der Waals surface area contributed by atoms with E-state index in [0.29, 0.717) is 24.3 Å². The lowest BCUT2D eigenvalue weighted by molar-refractivity contribution is 0.0696. The van der Waals surface area contributed by atoms with Gasteiger partial charge in [0.1, 0.15) is 4.90 Å². The number of carbonyl (C=O) groups is 3. The number of nitrogen functional groups attached to an aromatic ring is 1. The van der Waals surface area contributed by atoms with E-state index in [0.717, 1.165) is 23.8 Å². The average Bonchev–Trinajstić information content (AvgIpc) is 2.90. The van der Waals surface area contributed by atoms with Crippen molar-refractivity contribution in [1.82, 2.24) is 0 Å². The van der Waals surface area contributed by atoms with Crippen molar-refractivity contribution < 1.29 is 58.4 Å². The normalized spacial score (nSPS) is 12.1. The number of hydrogen-bond donors (Lipinski definition) is 7. The monoisotopic (exact) mass is 679 g/mol. The van der Waals surface area contributed by atoms with E-state index in [1.807, 2.05) is 0 Å². The minimum Gasteiger partial charge on any atom is -0.478 e. The lowest BCUT2D eigenvalue weighted by Crippen LogP contribution is -2.17. The minimum atomic E-state index is -5.33. The molecule has 2 amide bonds. The van der Waals surface area contributed by atoms with Gasteiger partial charge in [-0.25, -0.2) is 4.79 Å². The zero-order valence-corrected chi connectivity index (χ0v) is 25.0. The Kier molecular flexibility index (Phi) is 8.46. The Hall–Kier alpha value is -4.92. The maximum absolute atomic E-state index is 13.4. The molecule has 19 heteroatoms. The van der Waals surface area contributed by atoms with Crippen LogP contribution in [0.1, 0.15) is 36.6 Å². The van der Waals surface area contributed by atoms with Crippen molar-refractivity contribution >= 4 is 76.0 Å². The maximum atomic E-state index is 13.4. The molecule has 0 aliphatic carbocycles. The molecule has 0 atom stereocenters. The van der Waals surface area contributed by atoms with Crippen LogP contribution >= 0.6 is 0 Å². The van der Waals surface area contributed by atoms with E-state index in [4.69, 9.17) is 5.73 Å². The first-order chi connectivity index (χ1) is 20.6.